The van der Waals surface area contributed by atoms with Gasteiger partial charge < -0.3 is 14.5 Å². The van der Waals surface area contributed by atoms with Gasteiger partial charge in [0.1, 0.15) is 12.0 Å². The highest BCUT2D eigenvalue weighted by Crippen LogP contribution is 2.34. The fraction of sp³-hybridized carbons (Fsp3) is 0.462. The van der Waals surface area contributed by atoms with Crippen LogP contribution in [-0.2, 0) is 11.2 Å². The number of anilines is 1. The quantitative estimate of drug-likeness (QED) is 0.599. The molecular formula is C13H18N2O2. The number of aldehydes is 1. The first kappa shape index (κ1) is 11.9. The largest absolute Gasteiger partial charge is 0.497 e. The Hall–Kier alpha value is -1.55. The molecule has 0 atom stereocenters. The Balaban J connectivity index is 2.35. The maximum Gasteiger partial charge on any atom is 0.124 e. The molecule has 1 N–H and O–H groups in total. The van der Waals surface area contributed by atoms with E-state index in [2.05, 4.69) is 10.4 Å². The summed E-state index contributed by atoms with van der Waals surface area (Å²) in [5.41, 5.74) is 5.26. The number of carbonyl (C=O) groups excluding carboxylic acids is 1. The van der Waals surface area contributed by atoms with Crippen LogP contribution >= 0.6 is 0 Å². The van der Waals surface area contributed by atoms with E-state index in [1.807, 2.05) is 25.2 Å². The molecule has 17 heavy (non-hydrogen) atoms. The second-order valence-corrected chi connectivity index (χ2v) is 4.19. The van der Waals surface area contributed by atoms with E-state index in [0.717, 1.165) is 23.3 Å². The summed E-state index contributed by atoms with van der Waals surface area (Å²) in [5.74, 6) is 0.815. The van der Waals surface area contributed by atoms with Crippen molar-refractivity contribution in [2.45, 2.75) is 25.3 Å². The van der Waals surface area contributed by atoms with Crippen LogP contribution < -0.4 is 15.2 Å². The molecule has 0 amide bonds. The summed E-state index contributed by atoms with van der Waals surface area (Å²) in [7, 11) is 3.56. The van der Waals surface area contributed by atoms with Crippen molar-refractivity contribution < 1.29 is 9.53 Å². The molecule has 1 aromatic rings. The first-order valence-corrected chi connectivity index (χ1v) is 5.87. The smallest absolute Gasteiger partial charge is 0.124 e. The molecule has 0 aliphatic heterocycles. The lowest BCUT2D eigenvalue weighted by Gasteiger charge is -2.26. The third-order valence-corrected chi connectivity index (χ3v) is 3.01. The molecule has 1 aliphatic carbocycles. The van der Waals surface area contributed by atoms with E-state index in [9.17, 15) is 4.79 Å². The highest BCUT2D eigenvalue weighted by molar-refractivity contribution is 5.65. The first-order valence-electron chi connectivity index (χ1n) is 5.87. The number of hydrogen-bond donors (Lipinski definition) is 1. The number of hydrazine groups is 1. The van der Waals surface area contributed by atoms with Crippen LogP contribution in [0.2, 0.25) is 0 Å². The van der Waals surface area contributed by atoms with Gasteiger partial charge in [0.2, 0.25) is 0 Å². The number of benzene rings is 1. The van der Waals surface area contributed by atoms with Gasteiger partial charge in [-0.1, -0.05) is 6.07 Å². The number of rotatable bonds is 6. The monoisotopic (exact) mass is 234 g/mol. The van der Waals surface area contributed by atoms with E-state index in [-0.39, 0.29) is 0 Å². The van der Waals surface area contributed by atoms with E-state index >= 15 is 0 Å². The Morgan fingerprint density at radius 2 is 2.29 bits per heavy atom. The summed E-state index contributed by atoms with van der Waals surface area (Å²) in [6.07, 6.45) is 3.76. The lowest BCUT2D eigenvalue weighted by Crippen LogP contribution is -2.37. The van der Waals surface area contributed by atoms with Crippen molar-refractivity contribution in [2.75, 3.05) is 19.2 Å². The highest BCUT2D eigenvalue weighted by atomic mass is 16.5. The molecule has 0 spiro atoms. The Bertz CT molecular complexity index is 402. The van der Waals surface area contributed by atoms with Crippen molar-refractivity contribution in [3.63, 3.8) is 0 Å². The molecule has 0 aromatic heterocycles. The summed E-state index contributed by atoms with van der Waals surface area (Å²) in [5, 5.41) is 2.13. The van der Waals surface area contributed by atoms with Crippen LogP contribution in [0.15, 0.2) is 18.2 Å². The summed E-state index contributed by atoms with van der Waals surface area (Å²) >= 11 is 0. The molecule has 0 bridgehead atoms. The predicted molar refractivity (Wildman–Crippen MR) is 67.3 cm³/mol. The average Bonchev–Trinajstić information content (AvgIpc) is 3.17. The third kappa shape index (κ3) is 2.58. The van der Waals surface area contributed by atoms with Gasteiger partial charge in [-0.15, -0.1) is 0 Å². The van der Waals surface area contributed by atoms with Crippen LogP contribution in [0.25, 0.3) is 0 Å². The van der Waals surface area contributed by atoms with Crippen molar-refractivity contribution in [3.8, 4) is 5.75 Å². The third-order valence-electron chi connectivity index (χ3n) is 3.01. The van der Waals surface area contributed by atoms with Crippen LogP contribution in [-0.4, -0.2) is 26.5 Å². The fourth-order valence-corrected chi connectivity index (χ4v) is 1.99. The maximum atomic E-state index is 10.7. The number of methoxy groups -OCH3 is 1. The van der Waals surface area contributed by atoms with E-state index in [4.69, 9.17) is 4.74 Å². The topological polar surface area (TPSA) is 41.6 Å². The normalized spacial score (nSPS) is 14.5. The molecule has 0 radical (unpaired) electrons. The van der Waals surface area contributed by atoms with Gasteiger partial charge in [-0.25, -0.2) is 5.43 Å². The lowest BCUT2D eigenvalue weighted by molar-refractivity contribution is -0.107. The van der Waals surface area contributed by atoms with Crippen molar-refractivity contribution >= 4 is 12.0 Å². The summed E-state index contributed by atoms with van der Waals surface area (Å²) in [6, 6.07) is 6.36. The zero-order valence-electron chi connectivity index (χ0n) is 10.3. The van der Waals surface area contributed by atoms with Gasteiger partial charge in [-0.05, 0) is 24.5 Å². The van der Waals surface area contributed by atoms with Crippen LogP contribution in [0.4, 0.5) is 5.69 Å². The standard InChI is InChI=1S/C13H18N2O2/c1-14-15(11-4-5-11)13-9-12(17-2)6-3-10(13)7-8-16/h3,6,8-9,11,14H,4-5,7H2,1-2H3. The van der Waals surface area contributed by atoms with Gasteiger partial charge in [-0.2, -0.15) is 0 Å². The minimum atomic E-state index is 0.435. The van der Waals surface area contributed by atoms with Gasteiger partial charge in [0.15, 0.2) is 0 Å². The molecule has 0 heterocycles. The van der Waals surface area contributed by atoms with Crippen LogP contribution in [0.3, 0.4) is 0 Å². The SMILES string of the molecule is CNN(c1cc(OC)ccc1CC=O)C1CC1. The fourth-order valence-electron chi connectivity index (χ4n) is 1.99. The molecule has 4 nitrogen and oxygen atoms in total. The van der Waals surface area contributed by atoms with Crippen molar-refractivity contribution in [1.29, 1.82) is 0 Å². The number of nitrogens with zero attached hydrogens (tertiary/aromatic N) is 1. The highest BCUT2D eigenvalue weighted by Gasteiger charge is 2.30. The molecule has 0 saturated heterocycles. The zero-order valence-corrected chi connectivity index (χ0v) is 10.3. The van der Waals surface area contributed by atoms with Crippen molar-refractivity contribution in [2.24, 2.45) is 0 Å². The number of nitrogens with one attached hydrogen (secondary N) is 1. The Morgan fingerprint density at radius 1 is 1.53 bits per heavy atom. The molecule has 1 saturated carbocycles. The second kappa shape index (κ2) is 5.19. The van der Waals surface area contributed by atoms with Crippen LogP contribution in [0, 0.1) is 0 Å². The number of hydrogen-bond acceptors (Lipinski definition) is 4. The summed E-state index contributed by atoms with van der Waals surface area (Å²) in [6.45, 7) is 0. The van der Waals surface area contributed by atoms with Crippen molar-refractivity contribution in [1.82, 2.24) is 5.43 Å². The summed E-state index contributed by atoms with van der Waals surface area (Å²) < 4.78 is 5.24. The number of ether oxygens (including phenoxy) is 1. The van der Waals surface area contributed by atoms with Crippen molar-refractivity contribution in [3.05, 3.63) is 23.8 Å². The van der Waals surface area contributed by atoms with E-state index in [1.165, 1.54) is 12.8 Å². The first-order chi connectivity index (χ1) is 8.30. The van der Waals surface area contributed by atoms with Gasteiger partial charge >= 0.3 is 0 Å². The molecule has 2 rings (SSSR count). The van der Waals surface area contributed by atoms with Crippen LogP contribution in [0.1, 0.15) is 18.4 Å². The zero-order chi connectivity index (χ0) is 12.3. The minimum Gasteiger partial charge on any atom is -0.497 e. The molecule has 92 valence electrons. The van der Waals surface area contributed by atoms with E-state index in [0.29, 0.717) is 12.5 Å². The van der Waals surface area contributed by atoms with Gasteiger partial charge in [0, 0.05) is 25.6 Å². The van der Waals surface area contributed by atoms with E-state index < -0.39 is 0 Å². The Labute approximate surface area is 102 Å². The van der Waals surface area contributed by atoms with Gasteiger partial charge in [0.05, 0.1) is 12.8 Å². The summed E-state index contributed by atoms with van der Waals surface area (Å²) in [4.78, 5) is 10.7. The Morgan fingerprint density at radius 3 is 2.82 bits per heavy atom. The molecule has 1 fully saturated rings. The van der Waals surface area contributed by atoms with Crippen LogP contribution in [0.5, 0.6) is 5.75 Å². The number of carbonyl (C=O) groups is 1. The molecule has 0 unspecified atom stereocenters. The maximum absolute atomic E-state index is 10.7. The van der Waals surface area contributed by atoms with Gasteiger partial charge in [-0.3, -0.25) is 0 Å². The molecule has 1 aliphatic rings. The molecular weight excluding hydrogens is 216 g/mol. The molecule has 1 aromatic carbocycles. The molecule has 4 heteroatoms. The predicted octanol–water partition coefficient (Wildman–Crippen LogP) is 1.54. The Kier molecular flexibility index (Phi) is 3.64. The minimum absolute atomic E-state index is 0.435. The van der Waals surface area contributed by atoms with Gasteiger partial charge in [0.25, 0.3) is 0 Å². The lowest BCUT2D eigenvalue weighted by atomic mass is 10.1. The second-order valence-electron chi connectivity index (χ2n) is 4.19. The van der Waals surface area contributed by atoms with E-state index in [1.54, 1.807) is 7.11 Å². The average molecular weight is 234 g/mol.